The Morgan fingerprint density at radius 2 is 1.56 bits per heavy atom. The second-order valence-corrected chi connectivity index (χ2v) is 15.5. The van der Waals surface area contributed by atoms with Crippen LogP contribution in [-0.2, 0) is 35.7 Å². The molecule has 320 valence electrons. The molecule has 2 saturated heterocycles. The van der Waals surface area contributed by atoms with Crippen molar-refractivity contribution in [2.75, 3.05) is 24.7 Å². The lowest BCUT2D eigenvalue weighted by Gasteiger charge is -2.46. The van der Waals surface area contributed by atoms with Crippen LogP contribution in [-0.4, -0.2) is 76.9 Å². The fraction of sp³-hybridized carbons (Fsp3) is 0.271. The molecule has 4 aromatic rings. The van der Waals surface area contributed by atoms with E-state index in [1.807, 2.05) is 91.0 Å². The number of fused-ring (bicyclic) bond motifs is 3. The minimum Gasteiger partial charge on any atom is -0.492 e. The number of carboxylic acids is 1. The van der Waals surface area contributed by atoms with Gasteiger partial charge in [0, 0.05) is 6.54 Å². The van der Waals surface area contributed by atoms with Crippen LogP contribution in [0.5, 0.6) is 0 Å². The summed E-state index contributed by atoms with van der Waals surface area (Å²) in [6, 6.07) is 26.7. The molecule has 3 heterocycles. The normalized spacial score (nSPS) is 23.3. The van der Waals surface area contributed by atoms with E-state index in [4.69, 9.17) is 15.2 Å². The smallest absolute Gasteiger partial charge is 0.329 e. The molecular weight excluding hydrogens is 791 g/mol. The molecule has 3 aliphatic heterocycles. The number of cyclic esters (lactones) is 1. The van der Waals surface area contributed by atoms with Crippen molar-refractivity contribution in [2.45, 2.75) is 55.5 Å². The van der Waals surface area contributed by atoms with Crippen LogP contribution in [0.15, 0.2) is 146 Å². The summed E-state index contributed by atoms with van der Waals surface area (Å²) in [5, 5.41) is 26.5. The number of rotatable bonds is 15. The summed E-state index contributed by atoms with van der Waals surface area (Å²) < 4.78 is 11.8. The van der Waals surface area contributed by atoms with Crippen LogP contribution in [0.3, 0.4) is 0 Å². The van der Waals surface area contributed by atoms with Gasteiger partial charge in [-0.3, -0.25) is 19.3 Å². The number of imide groups is 1. The average Bonchev–Trinajstić information content (AvgIpc) is 3.73. The highest BCUT2D eigenvalue weighted by Crippen LogP contribution is 2.62. The lowest BCUT2D eigenvalue weighted by molar-refractivity contribution is -0.179. The van der Waals surface area contributed by atoms with Crippen molar-refractivity contribution in [3.63, 3.8) is 0 Å². The molecule has 2 fully saturated rings. The monoisotopic (exact) mass is 839 g/mol. The SMILES string of the molecule is C=C(/C=C\C(=C)[C@@H]1N2[C@H](c3ccccc3)[C@H](c3ccccc3)OC(=O)[C@H]2[C@H](C(=O)O)[C@@]12C(=O)N(C(=O)N[C@@H](C)c1ccccc1)c1ccc(CCCNC(N)=O)cc12)OCCO. The Hall–Kier alpha value is -7.03. The number of nitrogens with zero attached hydrogens (tertiary/aromatic N) is 2. The topological polar surface area (TPSA) is 201 Å². The second kappa shape index (κ2) is 18.3. The first kappa shape index (κ1) is 43.1. The number of primary amides is 1. The van der Waals surface area contributed by atoms with E-state index >= 15 is 4.79 Å². The van der Waals surface area contributed by atoms with Crippen molar-refractivity contribution >= 4 is 35.6 Å². The maximum absolute atomic E-state index is 16.0. The fourth-order valence-electron chi connectivity index (χ4n) is 9.23. The Morgan fingerprint density at radius 1 is 0.919 bits per heavy atom. The number of esters is 1. The molecule has 0 radical (unpaired) electrons. The number of carbonyl (C=O) groups is 5. The number of carbonyl (C=O) groups excluding carboxylic acids is 4. The maximum atomic E-state index is 16.0. The number of aryl methyl sites for hydroxylation is 1. The van der Waals surface area contributed by atoms with Crippen molar-refractivity contribution in [2.24, 2.45) is 11.7 Å². The van der Waals surface area contributed by atoms with Gasteiger partial charge in [-0.1, -0.05) is 122 Å². The zero-order valence-electron chi connectivity index (χ0n) is 34.2. The molecule has 7 rings (SSSR count). The van der Waals surface area contributed by atoms with Gasteiger partial charge in [0.15, 0.2) is 0 Å². The molecule has 14 heteroatoms. The number of hydrogen-bond acceptors (Lipinski definition) is 9. The predicted octanol–water partition coefficient (Wildman–Crippen LogP) is 5.77. The second-order valence-electron chi connectivity index (χ2n) is 15.5. The third-order valence-corrected chi connectivity index (χ3v) is 11.8. The van der Waals surface area contributed by atoms with Gasteiger partial charge in [0.2, 0.25) is 5.91 Å². The molecule has 7 atom stereocenters. The van der Waals surface area contributed by atoms with Crippen molar-refractivity contribution in [1.82, 2.24) is 15.5 Å². The summed E-state index contributed by atoms with van der Waals surface area (Å²) in [5.74, 6) is -4.86. The number of nitrogens with two attached hydrogens (primary N) is 1. The summed E-state index contributed by atoms with van der Waals surface area (Å²) in [6.45, 7) is 10.1. The number of nitrogens with one attached hydrogen (secondary N) is 2. The van der Waals surface area contributed by atoms with E-state index in [-0.39, 0.29) is 42.3 Å². The lowest BCUT2D eigenvalue weighted by Crippen LogP contribution is -2.56. The minimum absolute atomic E-state index is 0.0476. The number of morpholine rings is 1. The molecule has 3 aliphatic rings. The predicted molar refractivity (Wildman–Crippen MR) is 230 cm³/mol. The number of ether oxygens (including phenoxy) is 2. The molecule has 6 N–H and O–H groups in total. The van der Waals surface area contributed by atoms with Gasteiger partial charge in [-0.25, -0.2) is 14.5 Å². The molecule has 4 aromatic carbocycles. The summed E-state index contributed by atoms with van der Waals surface area (Å²) in [4.78, 5) is 73.8. The highest BCUT2D eigenvalue weighted by molar-refractivity contribution is 6.24. The number of carboxylic acid groups (broad SMARTS) is 1. The third kappa shape index (κ3) is 7.97. The van der Waals surface area contributed by atoms with Crippen LogP contribution in [0.1, 0.15) is 59.3 Å². The zero-order valence-corrected chi connectivity index (χ0v) is 34.2. The van der Waals surface area contributed by atoms with Crippen molar-refractivity contribution in [3.8, 4) is 0 Å². The van der Waals surface area contributed by atoms with Gasteiger partial charge in [-0.05, 0) is 65.3 Å². The van der Waals surface area contributed by atoms with Crippen molar-refractivity contribution in [1.29, 1.82) is 0 Å². The molecule has 14 nitrogen and oxygen atoms in total. The van der Waals surface area contributed by atoms with Gasteiger partial charge in [-0.2, -0.15) is 0 Å². The van der Waals surface area contributed by atoms with E-state index in [9.17, 15) is 29.4 Å². The molecule has 0 aromatic heterocycles. The Bertz CT molecular complexity index is 2390. The summed E-state index contributed by atoms with van der Waals surface area (Å²) in [7, 11) is 0. The zero-order chi connectivity index (χ0) is 44.1. The summed E-state index contributed by atoms with van der Waals surface area (Å²) in [5.41, 5.74) is 6.44. The van der Waals surface area contributed by atoms with Crippen LogP contribution in [0, 0.1) is 5.92 Å². The Labute approximate surface area is 359 Å². The van der Waals surface area contributed by atoms with Gasteiger partial charge < -0.3 is 36.1 Å². The van der Waals surface area contributed by atoms with Gasteiger partial charge in [0.05, 0.1) is 30.4 Å². The molecular formula is C48H49N5O9. The standard InChI is InChI=1S/C48H49N5O9/c1-29(21-22-30(2)61-27-26-54)42-48(38(43(55)56)40-44(57)62-41(35-19-11-6-12-20-35)39(53(40)42)34-17-9-5-10-18-34)36-28-32(14-13-25-50-46(49)59)23-24-37(36)52(45(48)58)47(60)51-31(3)33-15-7-4-8-16-33/h4-12,15-24,28,31,38-42,54H,1-2,13-14,25-27H2,3H3,(H,51,60)(H,55,56)(H3,49,50,59)/b22-21-/t31-,38+,39+,40+,41-,42-,48+/m0/s1. The van der Waals surface area contributed by atoms with Gasteiger partial charge in [0.25, 0.3) is 0 Å². The maximum Gasteiger partial charge on any atom is 0.329 e. The lowest BCUT2D eigenvalue weighted by atomic mass is 9.65. The number of aliphatic hydroxyl groups excluding tert-OH is 1. The number of benzene rings is 4. The molecule has 1 spiro atoms. The van der Waals surface area contributed by atoms with E-state index in [1.54, 1.807) is 36.1 Å². The van der Waals surface area contributed by atoms with Crippen LogP contribution in [0.2, 0.25) is 0 Å². The number of aliphatic hydroxyl groups is 1. The highest BCUT2D eigenvalue weighted by Gasteiger charge is 2.76. The number of anilines is 1. The molecule has 0 unspecified atom stereocenters. The molecule has 0 aliphatic carbocycles. The van der Waals surface area contributed by atoms with E-state index < -0.39 is 71.5 Å². The summed E-state index contributed by atoms with van der Waals surface area (Å²) >= 11 is 0. The van der Waals surface area contributed by atoms with Gasteiger partial charge in [-0.15, -0.1) is 0 Å². The van der Waals surface area contributed by atoms with E-state index in [0.29, 0.717) is 29.5 Å². The quantitative estimate of drug-likeness (QED) is 0.0424. The van der Waals surface area contributed by atoms with Crippen LogP contribution in [0.4, 0.5) is 15.3 Å². The van der Waals surface area contributed by atoms with E-state index in [1.165, 1.54) is 6.08 Å². The molecule has 5 amide bonds. The van der Waals surface area contributed by atoms with E-state index in [0.717, 1.165) is 10.5 Å². The van der Waals surface area contributed by atoms with Crippen LogP contribution < -0.4 is 21.3 Å². The minimum atomic E-state index is -2.17. The third-order valence-electron chi connectivity index (χ3n) is 11.8. The average molecular weight is 840 g/mol. The van der Waals surface area contributed by atoms with Crippen LogP contribution in [0.25, 0.3) is 0 Å². The molecule has 0 saturated carbocycles. The van der Waals surface area contributed by atoms with Gasteiger partial charge in [0.1, 0.15) is 35.8 Å². The number of hydrogen-bond donors (Lipinski definition) is 5. The molecule has 0 bridgehead atoms. The Balaban J connectivity index is 1.48. The first-order valence-corrected chi connectivity index (χ1v) is 20.4. The van der Waals surface area contributed by atoms with E-state index in [2.05, 4.69) is 23.8 Å². The summed E-state index contributed by atoms with van der Waals surface area (Å²) in [6.07, 6.45) is 2.89. The Kier molecular flexibility index (Phi) is 12.7. The largest absolute Gasteiger partial charge is 0.492 e. The Morgan fingerprint density at radius 3 is 2.19 bits per heavy atom. The number of aliphatic carboxylic acids is 1. The number of urea groups is 2. The first-order chi connectivity index (χ1) is 29.9. The van der Waals surface area contributed by atoms with Gasteiger partial charge >= 0.3 is 24.0 Å². The number of amides is 5. The van der Waals surface area contributed by atoms with Crippen molar-refractivity contribution < 1.29 is 43.7 Å². The first-order valence-electron chi connectivity index (χ1n) is 20.4. The van der Waals surface area contributed by atoms with Crippen molar-refractivity contribution in [3.05, 3.63) is 174 Å². The van der Waals surface area contributed by atoms with Crippen LogP contribution >= 0.6 is 0 Å². The highest BCUT2D eigenvalue weighted by atomic mass is 16.6. The fourth-order valence-corrected chi connectivity index (χ4v) is 9.23. The number of allylic oxidation sites excluding steroid dienone is 1. The molecule has 62 heavy (non-hydrogen) atoms.